The van der Waals surface area contributed by atoms with Crippen LogP contribution in [-0.2, 0) is 14.3 Å². The molecule has 0 radical (unpaired) electrons. The highest BCUT2D eigenvalue weighted by Gasteiger charge is 2.59. The molecule has 0 aromatic carbocycles. The van der Waals surface area contributed by atoms with E-state index in [0.717, 1.165) is 0 Å². The minimum Gasteiger partial charge on any atom is -0.393 e. The Balaban J connectivity index is 2.32. The fourth-order valence-electron chi connectivity index (χ4n) is 1.89. The summed E-state index contributed by atoms with van der Waals surface area (Å²) in [4.78, 5) is 11.6. The van der Waals surface area contributed by atoms with Crippen molar-refractivity contribution in [1.82, 2.24) is 0 Å². The Hall–Kier alpha value is -0.710. The van der Waals surface area contributed by atoms with E-state index in [1.807, 2.05) is 6.92 Å². The van der Waals surface area contributed by atoms with E-state index in [0.29, 0.717) is 6.42 Å². The number of ether oxygens (including phenoxy) is 2. The van der Waals surface area contributed by atoms with Crippen LogP contribution in [0, 0.1) is 0 Å². The average molecular weight is 198 g/mol. The minimum absolute atomic E-state index is 0.206. The molecule has 1 aliphatic heterocycles. The van der Waals surface area contributed by atoms with Gasteiger partial charge in [-0.05, 0) is 25.5 Å². The van der Waals surface area contributed by atoms with Crippen LogP contribution in [0.2, 0.25) is 0 Å². The van der Waals surface area contributed by atoms with Gasteiger partial charge in [-0.2, -0.15) is 0 Å². The summed E-state index contributed by atoms with van der Waals surface area (Å²) in [5, 5.41) is 9.26. The van der Waals surface area contributed by atoms with E-state index in [9.17, 15) is 9.90 Å². The molecule has 1 fully saturated rings. The molecule has 4 heteroatoms. The van der Waals surface area contributed by atoms with Gasteiger partial charge in [0.1, 0.15) is 6.10 Å². The van der Waals surface area contributed by atoms with E-state index in [4.69, 9.17) is 9.47 Å². The molecule has 2 aliphatic rings. The molecule has 0 spiro atoms. The van der Waals surface area contributed by atoms with Gasteiger partial charge in [-0.15, -0.1) is 0 Å². The van der Waals surface area contributed by atoms with Gasteiger partial charge in [0.15, 0.2) is 17.2 Å². The van der Waals surface area contributed by atoms with Crippen molar-refractivity contribution in [1.29, 1.82) is 0 Å². The Morgan fingerprint density at radius 3 is 2.86 bits per heavy atom. The quantitative estimate of drug-likeness (QED) is 0.697. The second-order valence-corrected chi connectivity index (χ2v) is 3.90. The zero-order valence-corrected chi connectivity index (χ0v) is 8.32. The number of hydrogen-bond acceptors (Lipinski definition) is 4. The molecular weight excluding hydrogens is 184 g/mol. The third-order valence-electron chi connectivity index (χ3n) is 2.95. The van der Waals surface area contributed by atoms with E-state index in [-0.39, 0.29) is 12.4 Å². The van der Waals surface area contributed by atoms with Crippen LogP contribution in [0.5, 0.6) is 0 Å². The normalized spacial score (nSPS) is 45.9. The number of carbonyl (C=O) groups is 1. The summed E-state index contributed by atoms with van der Waals surface area (Å²) in [7, 11) is 0. The lowest BCUT2D eigenvalue weighted by Crippen LogP contribution is -2.47. The van der Waals surface area contributed by atoms with Crippen molar-refractivity contribution >= 4 is 5.78 Å². The van der Waals surface area contributed by atoms with Crippen LogP contribution < -0.4 is 0 Å². The van der Waals surface area contributed by atoms with Gasteiger partial charge >= 0.3 is 0 Å². The van der Waals surface area contributed by atoms with Crippen LogP contribution in [-0.4, -0.2) is 35.0 Å². The summed E-state index contributed by atoms with van der Waals surface area (Å²) >= 11 is 0. The highest BCUT2D eigenvalue weighted by atomic mass is 16.8. The minimum atomic E-state index is -1.18. The van der Waals surface area contributed by atoms with Crippen molar-refractivity contribution in [3.05, 3.63) is 12.2 Å². The maximum atomic E-state index is 11.6. The number of carbonyl (C=O) groups excluding carboxylic acids is 1. The summed E-state index contributed by atoms with van der Waals surface area (Å²) in [6, 6.07) is 0. The molecule has 0 amide bonds. The first-order chi connectivity index (χ1) is 6.56. The summed E-state index contributed by atoms with van der Waals surface area (Å²) in [6.07, 6.45) is 3.27. The first-order valence-electron chi connectivity index (χ1n) is 4.78. The Morgan fingerprint density at radius 2 is 2.36 bits per heavy atom. The van der Waals surface area contributed by atoms with Crippen LogP contribution in [0.1, 0.15) is 20.3 Å². The summed E-state index contributed by atoms with van der Waals surface area (Å²) < 4.78 is 11.2. The van der Waals surface area contributed by atoms with Gasteiger partial charge in [-0.25, -0.2) is 0 Å². The monoisotopic (exact) mass is 198 g/mol. The lowest BCUT2D eigenvalue weighted by Gasteiger charge is -2.25. The van der Waals surface area contributed by atoms with E-state index >= 15 is 0 Å². The van der Waals surface area contributed by atoms with Gasteiger partial charge in [0.05, 0.1) is 6.61 Å². The molecule has 2 rings (SSSR count). The molecule has 3 atom stereocenters. The first-order valence-corrected chi connectivity index (χ1v) is 4.78. The predicted molar refractivity (Wildman–Crippen MR) is 48.6 cm³/mol. The summed E-state index contributed by atoms with van der Waals surface area (Å²) in [5.41, 5.74) is -1.18. The highest BCUT2D eigenvalue weighted by molar-refractivity contribution is 6.01. The Morgan fingerprint density at radius 1 is 1.64 bits per heavy atom. The van der Waals surface area contributed by atoms with Crippen LogP contribution in [0.3, 0.4) is 0 Å². The molecule has 0 aromatic heterocycles. The van der Waals surface area contributed by atoms with E-state index in [1.165, 1.54) is 6.08 Å². The topological polar surface area (TPSA) is 55.8 Å². The molecule has 1 aliphatic carbocycles. The zero-order chi connectivity index (χ0) is 10.4. The number of ketones is 1. The van der Waals surface area contributed by atoms with Crippen molar-refractivity contribution in [2.75, 3.05) is 6.61 Å². The van der Waals surface area contributed by atoms with Crippen LogP contribution >= 0.6 is 0 Å². The second kappa shape index (κ2) is 2.89. The molecule has 0 aromatic rings. The van der Waals surface area contributed by atoms with Crippen LogP contribution in [0.15, 0.2) is 12.2 Å². The van der Waals surface area contributed by atoms with Crippen molar-refractivity contribution in [3.63, 3.8) is 0 Å². The van der Waals surface area contributed by atoms with Gasteiger partial charge in [0.2, 0.25) is 0 Å². The predicted octanol–water partition coefficient (Wildman–Crippen LogP) is 0.398. The Kier molecular flexibility index (Phi) is 2.03. The Bertz CT molecular complexity index is 298. The maximum absolute atomic E-state index is 11.6. The largest absolute Gasteiger partial charge is 0.393 e. The summed E-state index contributed by atoms with van der Waals surface area (Å²) in [5.74, 6) is -0.962. The average Bonchev–Trinajstić information content (AvgIpc) is 2.63. The standard InChI is InChI=1S/C10H14O4/c1-3-9(2)13-8-5-4-7(12)10(8,6-11)14-9/h4-5,8,11H,3,6H2,1-2H3. The van der Waals surface area contributed by atoms with Gasteiger partial charge in [0, 0.05) is 0 Å². The molecule has 1 N–H and O–H groups in total. The lowest BCUT2D eigenvalue weighted by atomic mass is 9.99. The fraction of sp³-hybridized carbons (Fsp3) is 0.700. The number of fused-ring (bicyclic) bond motifs is 1. The van der Waals surface area contributed by atoms with Gasteiger partial charge < -0.3 is 14.6 Å². The molecule has 3 unspecified atom stereocenters. The van der Waals surface area contributed by atoms with Gasteiger partial charge in [-0.1, -0.05) is 6.92 Å². The van der Waals surface area contributed by atoms with E-state index in [1.54, 1.807) is 13.0 Å². The SMILES string of the molecule is CCC1(C)OC2C=CC(=O)C2(CO)O1. The van der Waals surface area contributed by atoms with Gasteiger partial charge in [-0.3, -0.25) is 4.79 Å². The number of hydrogen-bond donors (Lipinski definition) is 1. The van der Waals surface area contributed by atoms with E-state index in [2.05, 4.69) is 0 Å². The summed E-state index contributed by atoms with van der Waals surface area (Å²) in [6.45, 7) is 3.36. The molecule has 1 saturated heterocycles. The van der Waals surface area contributed by atoms with Crippen LogP contribution in [0.4, 0.5) is 0 Å². The third-order valence-corrected chi connectivity index (χ3v) is 2.95. The van der Waals surface area contributed by atoms with Crippen molar-refractivity contribution in [2.24, 2.45) is 0 Å². The van der Waals surface area contributed by atoms with Crippen LogP contribution in [0.25, 0.3) is 0 Å². The number of rotatable bonds is 2. The zero-order valence-electron chi connectivity index (χ0n) is 8.32. The van der Waals surface area contributed by atoms with Crippen molar-refractivity contribution in [2.45, 2.75) is 37.8 Å². The lowest BCUT2D eigenvalue weighted by molar-refractivity contribution is -0.187. The Labute approximate surface area is 82.5 Å². The molecule has 0 saturated carbocycles. The first kappa shape index (κ1) is 9.83. The molecule has 78 valence electrons. The highest BCUT2D eigenvalue weighted by Crippen LogP contribution is 2.42. The smallest absolute Gasteiger partial charge is 0.192 e. The van der Waals surface area contributed by atoms with Crippen molar-refractivity contribution < 1.29 is 19.4 Å². The molecule has 4 nitrogen and oxygen atoms in total. The second-order valence-electron chi connectivity index (χ2n) is 3.90. The number of aliphatic hydroxyl groups excluding tert-OH is 1. The molecular formula is C10H14O4. The molecule has 14 heavy (non-hydrogen) atoms. The van der Waals surface area contributed by atoms with Crippen molar-refractivity contribution in [3.8, 4) is 0 Å². The maximum Gasteiger partial charge on any atom is 0.192 e. The third kappa shape index (κ3) is 1.08. The fourth-order valence-corrected chi connectivity index (χ4v) is 1.89. The van der Waals surface area contributed by atoms with Gasteiger partial charge in [0.25, 0.3) is 0 Å². The number of aliphatic hydroxyl groups is 1. The molecule has 1 heterocycles. The van der Waals surface area contributed by atoms with E-state index < -0.39 is 17.5 Å². The molecule has 0 bridgehead atoms.